The zero-order valence-corrected chi connectivity index (χ0v) is 7.09. The Kier molecular flexibility index (Phi) is 3.00. The second kappa shape index (κ2) is 3.83. The molecule has 70 valence electrons. The van der Waals surface area contributed by atoms with Crippen LogP contribution in [0.4, 0.5) is 8.78 Å². The summed E-state index contributed by atoms with van der Waals surface area (Å²) in [6, 6.07) is 0. The van der Waals surface area contributed by atoms with Crippen LogP contribution in [0.1, 0.15) is 19.8 Å². The first-order valence-corrected chi connectivity index (χ1v) is 4.18. The molecule has 4 heteroatoms. The number of piperidine rings is 1. The van der Waals surface area contributed by atoms with Gasteiger partial charge in [0.05, 0.1) is 0 Å². The first-order chi connectivity index (χ1) is 5.61. The highest BCUT2D eigenvalue weighted by atomic mass is 19.3. The van der Waals surface area contributed by atoms with Crippen LogP contribution in [0.5, 0.6) is 0 Å². The topological polar surface area (TPSA) is 20.3 Å². The van der Waals surface area contributed by atoms with Crippen LogP contribution < -0.4 is 0 Å². The molecule has 1 amide bonds. The van der Waals surface area contributed by atoms with Gasteiger partial charge in [-0.1, -0.05) is 6.92 Å². The standard InChI is InChI=1S/C8H13F2NO/c1-6-3-2-4-11(5-6)8(12)7(9)10/h6-7H,2-5H2,1H3/t6-/m0/s1. The van der Waals surface area contributed by atoms with Crippen molar-refractivity contribution < 1.29 is 13.6 Å². The van der Waals surface area contributed by atoms with Gasteiger partial charge in [-0.15, -0.1) is 0 Å². The smallest absolute Gasteiger partial charge is 0.315 e. The van der Waals surface area contributed by atoms with Crippen molar-refractivity contribution >= 4 is 5.91 Å². The number of carbonyl (C=O) groups excluding carboxylic acids is 1. The van der Waals surface area contributed by atoms with Gasteiger partial charge in [0, 0.05) is 13.1 Å². The largest absolute Gasteiger partial charge is 0.337 e. The minimum Gasteiger partial charge on any atom is -0.337 e. The van der Waals surface area contributed by atoms with Crippen LogP contribution >= 0.6 is 0 Å². The molecule has 1 aliphatic rings. The average molecular weight is 177 g/mol. The number of nitrogens with zero attached hydrogens (tertiary/aromatic N) is 1. The summed E-state index contributed by atoms with van der Waals surface area (Å²) in [5.74, 6) is -0.650. The molecule has 1 heterocycles. The third-order valence-corrected chi connectivity index (χ3v) is 2.16. The van der Waals surface area contributed by atoms with Crippen LogP contribution in [0, 0.1) is 5.92 Å². The number of carbonyl (C=O) groups is 1. The molecule has 1 rings (SSSR count). The highest BCUT2D eigenvalue weighted by molar-refractivity contribution is 5.79. The van der Waals surface area contributed by atoms with Crippen LogP contribution in [-0.4, -0.2) is 30.3 Å². The fourth-order valence-corrected chi connectivity index (χ4v) is 1.53. The minimum atomic E-state index is -2.84. The molecule has 0 saturated carbocycles. The number of hydrogen-bond acceptors (Lipinski definition) is 1. The molecule has 1 fully saturated rings. The lowest BCUT2D eigenvalue weighted by molar-refractivity contribution is -0.144. The van der Waals surface area contributed by atoms with E-state index < -0.39 is 12.3 Å². The molecule has 0 unspecified atom stereocenters. The van der Waals surface area contributed by atoms with Crippen LogP contribution in [0.2, 0.25) is 0 Å². The van der Waals surface area contributed by atoms with Gasteiger partial charge >= 0.3 is 6.43 Å². The van der Waals surface area contributed by atoms with E-state index in [4.69, 9.17) is 0 Å². The number of hydrogen-bond donors (Lipinski definition) is 0. The third kappa shape index (κ3) is 2.16. The van der Waals surface area contributed by atoms with Gasteiger partial charge in [-0.05, 0) is 18.8 Å². The molecule has 0 aromatic rings. The van der Waals surface area contributed by atoms with Crippen molar-refractivity contribution in [3.8, 4) is 0 Å². The maximum absolute atomic E-state index is 11.9. The van der Waals surface area contributed by atoms with Gasteiger partial charge in [0.2, 0.25) is 0 Å². The number of rotatable bonds is 1. The summed E-state index contributed by atoms with van der Waals surface area (Å²) in [5.41, 5.74) is 0. The van der Waals surface area contributed by atoms with Gasteiger partial charge in [0.25, 0.3) is 5.91 Å². The zero-order chi connectivity index (χ0) is 9.14. The summed E-state index contributed by atoms with van der Waals surface area (Å²) in [5, 5.41) is 0. The van der Waals surface area contributed by atoms with E-state index in [1.165, 1.54) is 4.90 Å². The van der Waals surface area contributed by atoms with Crippen molar-refractivity contribution in [2.45, 2.75) is 26.2 Å². The van der Waals surface area contributed by atoms with Crippen LogP contribution in [0.15, 0.2) is 0 Å². The summed E-state index contributed by atoms with van der Waals surface area (Å²) in [4.78, 5) is 12.1. The highest BCUT2D eigenvalue weighted by Gasteiger charge is 2.26. The van der Waals surface area contributed by atoms with Crippen LogP contribution in [-0.2, 0) is 4.79 Å². The lowest BCUT2D eigenvalue weighted by atomic mass is 10.0. The Morgan fingerprint density at radius 1 is 1.58 bits per heavy atom. The van der Waals surface area contributed by atoms with Gasteiger partial charge in [-0.25, -0.2) is 0 Å². The molecule has 0 bridgehead atoms. The fourth-order valence-electron chi connectivity index (χ4n) is 1.53. The lowest BCUT2D eigenvalue weighted by Crippen LogP contribution is -2.42. The molecular formula is C8H13F2NO. The first-order valence-electron chi connectivity index (χ1n) is 4.18. The van der Waals surface area contributed by atoms with Crippen molar-refractivity contribution in [3.05, 3.63) is 0 Å². The number of halogens is 2. The molecule has 0 aromatic carbocycles. The van der Waals surface area contributed by atoms with Crippen molar-refractivity contribution in [2.24, 2.45) is 5.92 Å². The number of amides is 1. The molecule has 12 heavy (non-hydrogen) atoms. The summed E-state index contributed by atoms with van der Waals surface area (Å²) in [7, 11) is 0. The Morgan fingerprint density at radius 2 is 2.25 bits per heavy atom. The van der Waals surface area contributed by atoms with Crippen LogP contribution in [0.25, 0.3) is 0 Å². The fraction of sp³-hybridized carbons (Fsp3) is 0.875. The van der Waals surface area contributed by atoms with Crippen LogP contribution in [0.3, 0.4) is 0 Å². The minimum absolute atomic E-state index is 0.362. The summed E-state index contributed by atoms with van der Waals surface area (Å²) in [6.07, 6.45) is -0.956. The quantitative estimate of drug-likeness (QED) is 0.594. The third-order valence-electron chi connectivity index (χ3n) is 2.16. The summed E-state index contributed by atoms with van der Waals surface area (Å²) >= 11 is 0. The molecule has 0 spiro atoms. The second-order valence-electron chi connectivity index (χ2n) is 3.33. The maximum atomic E-state index is 11.9. The number of alkyl halides is 2. The lowest BCUT2D eigenvalue weighted by Gasteiger charge is -2.30. The molecule has 0 N–H and O–H groups in total. The summed E-state index contributed by atoms with van der Waals surface area (Å²) in [6.45, 7) is 2.96. The van der Waals surface area contributed by atoms with Crippen molar-refractivity contribution in [1.29, 1.82) is 0 Å². The van der Waals surface area contributed by atoms with Crippen molar-refractivity contribution in [1.82, 2.24) is 4.90 Å². The number of likely N-dealkylation sites (tertiary alicyclic amines) is 1. The Balaban J connectivity index is 2.46. The van der Waals surface area contributed by atoms with Gasteiger partial charge in [0.1, 0.15) is 0 Å². The second-order valence-corrected chi connectivity index (χ2v) is 3.33. The molecule has 1 atom stereocenters. The van der Waals surface area contributed by atoms with E-state index in [1.54, 1.807) is 0 Å². The average Bonchev–Trinajstić information content (AvgIpc) is 2.03. The van der Waals surface area contributed by atoms with E-state index in [2.05, 4.69) is 0 Å². The zero-order valence-electron chi connectivity index (χ0n) is 7.09. The molecule has 0 aromatic heterocycles. The first kappa shape index (κ1) is 9.42. The van der Waals surface area contributed by atoms with E-state index in [9.17, 15) is 13.6 Å². The van der Waals surface area contributed by atoms with E-state index in [0.717, 1.165) is 12.8 Å². The molecule has 1 saturated heterocycles. The van der Waals surface area contributed by atoms with Gasteiger partial charge in [-0.2, -0.15) is 8.78 Å². The van der Waals surface area contributed by atoms with E-state index >= 15 is 0 Å². The molecule has 0 aliphatic carbocycles. The Bertz CT molecular complexity index is 172. The normalized spacial score (nSPS) is 24.7. The predicted molar refractivity (Wildman–Crippen MR) is 41.0 cm³/mol. The van der Waals surface area contributed by atoms with E-state index in [-0.39, 0.29) is 0 Å². The van der Waals surface area contributed by atoms with Gasteiger partial charge in [-0.3, -0.25) is 4.79 Å². The molecule has 1 aliphatic heterocycles. The Labute approximate surface area is 70.5 Å². The SMILES string of the molecule is C[C@H]1CCCN(C(=O)C(F)F)C1. The van der Waals surface area contributed by atoms with Gasteiger partial charge < -0.3 is 4.90 Å². The van der Waals surface area contributed by atoms with Gasteiger partial charge in [0.15, 0.2) is 0 Å². The molecule has 0 radical (unpaired) electrons. The monoisotopic (exact) mass is 177 g/mol. The highest BCUT2D eigenvalue weighted by Crippen LogP contribution is 2.16. The Morgan fingerprint density at radius 3 is 2.75 bits per heavy atom. The molecule has 2 nitrogen and oxygen atoms in total. The van der Waals surface area contributed by atoms with E-state index in [0.29, 0.717) is 19.0 Å². The molecular weight excluding hydrogens is 164 g/mol. The Hall–Kier alpha value is -0.670. The predicted octanol–water partition coefficient (Wildman–Crippen LogP) is 1.51. The van der Waals surface area contributed by atoms with E-state index in [1.807, 2.05) is 6.92 Å². The summed E-state index contributed by atoms with van der Waals surface area (Å²) < 4.78 is 23.9. The van der Waals surface area contributed by atoms with Crippen molar-refractivity contribution in [2.75, 3.05) is 13.1 Å². The van der Waals surface area contributed by atoms with Crippen molar-refractivity contribution in [3.63, 3.8) is 0 Å². The maximum Gasteiger partial charge on any atom is 0.315 e.